The second-order valence-electron chi connectivity index (χ2n) is 6.34. The van der Waals surface area contributed by atoms with E-state index in [4.69, 9.17) is 4.74 Å². The average Bonchev–Trinajstić information content (AvgIpc) is 3.33. The molecule has 30 heavy (non-hydrogen) atoms. The van der Waals surface area contributed by atoms with Crippen LogP contribution in [0, 0.1) is 0 Å². The molecule has 0 saturated heterocycles. The van der Waals surface area contributed by atoms with Gasteiger partial charge in [-0.05, 0) is 43.5 Å². The fourth-order valence-electron chi connectivity index (χ4n) is 3.00. The van der Waals surface area contributed by atoms with Gasteiger partial charge in [0.2, 0.25) is 0 Å². The number of benzene rings is 2. The Kier molecular flexibility index (Phi) is 6.31. The molecule has 0 aliphatic rings. The van der Waals surface area contributed by atoms with Gasteiger partial charge in [0.1, 0.15) is 0 Å². The van der Waals surface area contributed by atoms with Crippen molar-refractivity contribution < 1.29 is 14.3 Å². The molecule has 0 spiro atoms. The number of esters is 1. The molecule has 9 heteroatoms. The van der Waals surface area contributed by atoms with Crippen LogP contribution < -0.4 is 4.80 Å². The topological polar surface area (TPSA) is 73.6 Å². The van der Waals surface area contributed by atoms with Crippen molar-refractivity contribution in [1.29, 1.82) is 0 Å². The molecule has 0 bridgehead atoms. The molecule has 0 aliphatic heterocycles. The zero-order valence-corrected chi connectivity index (χ0v) is 18.9. The SMILES string of the molecule is CCOC(=O)c1ccc2c(c1)sc(=NC(=O)c1nc3ccccc3s1)n2CCSC. The van der Waals surface area contributed by atoms with Gasteiger partial charge in [-0.2, -0.15) is 16.8 Å². The van der Waals surface area contributed by atoms with E-state index < -0.39 is 0 Å². The maximum atomic E-state index is 12.8. The van der Waals surface area contributed by atoms with Crippen LogP contribution in [-0.2, 0) is 11.3 Å². The third kappa shape index (κ3) is 4.19. The lowest BCUT2D eigenvalue weighted by Crippen LogP contribution is -2.18. The van der Waals surface area contributed by atoms with Crippen LogP contribution in [0.4, 0.5) is 0 Å². The zero-order chi connectivity index (χ0) is 21.1. The number of carbonyl (C=O) groups is 2. The number of nitrogens with zero attached hydrogens (tertiary/aromatic N) is 3. The number of thioether (sulfide) groups is 1. The molecule has 0 N–H and O–H groups in total. The van der Waals surface area contributed by atoms with Crippen LogP contribution >= 0.6 is 34.4 Å². The number of aryl methyl sites for hydroxylation is 1. The number of hydrogen-bond acceptors (Lipinski definition) is 7. The van der Waals surface area contributed by atoms with Crippen molar-refractivity contribution in [2.45, 2.75) is 13.5 Å². The highest BCUT2D eigenvalue weighted by Gasteiger charge is 2.15. The van der Waals surface area contributed by atoms with Crippen molar-refractivity contribution in [1.82, 2.24) is 9.55 Å². The quantitative estimate of drug-likeness (QED) is 0.396. The number of hydrogen-bond donors (Lipinski definition) is 0. The highest BCUT2D eigenvalue weighted by Crippen LogP contribution is 2.23. The highest BCUT2D eigenvalue weighted by atomic mass is 32.2. The number of thiazole rings is 2. The maximum Gasteiger partial charge on any atom is 0.338 e. The standard InChI is InChI=1S/C21H19N3O3S3/c1-3-27-20(26)13-8-9-15-17(12-13)30-21(24(15)10-11-28-2)23-18(25)19-22-14-6-4-5-7-16(14)29-19/h4-9,12H,3,10-11H2,1-2H3. The van der Waals surface area contributed by atoms with Crippen LogP contribution in [0.15, 0.2) is 47.5 Å². The van der Waals surface area contributed by atoms with Gasteiger partial charge in [0.15, 0.2) is 9.81 Å². The van der Waals surface area contributed by atoms with E-state index in [9.17, 15) is 9.59 Å². The summed E-state index contributed by atoms with van der Waals surface area (Å²) in [6.45, 7) is 2.82. The minimum absolute atomic E-state index is 0.326. The van der Waals surface area contributed by atoms with Crippen molar-refractivity contribution in [2.24, 2.45) is 4.99 Å². The second kappa shape index (κ2) is 9.11. The van der Waals surface area contributed by atoms with Gasteiger partial charge in [-0.1, -0.05) is 23.5 Å². The number of aromatic nitrogens is 2. The zero-order valence-electron chi connectivity index (χ0n) is 16.5. The molecule has 0 atom stereocenters. The lowest BCUT2D eigenvalue weighted by atomic mass is 10.2. The van der Waals surface area contributed by atoms with E-state index in [-0.39, 0.29) is 11.9 Å². The van der Waals surface area contributed by atoms with E-state index in [1.54, 1.807) is 30.8 Å². The van der Waals surface area contributed by atoms with Gasteiger partial charge < -0.3 is 9.30 Å². The van der Waals surface area contributed by atoms with E-state index in [0.717, 1.165) is 26.2 Å². The first-order chi connectivity index (χ1) is 14.6. The Hall–Kier alpha value is -2.49. The van der Waals surface area contributed by atoms with Gasteiger partial charge >= 0.3 is 11.9 Å². The molecule has 2 aromatic heterocycles. The summed E-state index contributed by atoms with van der Waals surface area (Å²) in [7, 11) is 0. The monoisotopic (exact) mass is 457 g/mol. The molecule has 2 heterocycles. The molecular formula is C21H19N3O3S3. The number of fused-ring (bicyclic) bond motifs is 2. The second-order valence-corrected chi connectivity index (χ2v) is 9.36. The van der Waals surface area contributed by atoms with E-state index in [1.165, 1.54) is 22.7 Å². The number of para-hydroxylation sites is 1. The normalized spacial score (nSPS) is 12.0. The average molecular weight is 458 g/mol. The van der Waals surface area contributed by atoms with Crippen molar-refractivity contribution in [3.05, 3.63) is 57.8 Å². The summed E-state index contributed by atoms with van der Waals surface area (Å²) in [5, 5.41) is 0.372. The Morgan fingerprint density at radius 2 is 2.00 bits per heavy atom. The van der Waals surface area contributed by atoms with E-state index in [1.807, 2.05) is 41.2 Å². The summed E-state index contributed by atoms with van der Waals surface area (Å²) in [5.41, 5.74) is 2.23. The summed E-state index contributed by atoms with van der Waals surface area (Å²) >= 11 is 4.45. The van der Waals surface area contributed by atoms with Crippen LogP contribution in [-0.4, -0.2) is 40.0 Å². The number of ether oxygens (including phenoxy) is 1. The number of amides is 1. The summed E-state index contributed by atoms with van der Waals surface area (Å²) in [4.78, 5) is 34.3. The van der Waals surface area contributed by atoms with E-state index in [2.05, 4.69) is 9.98 Å². The van der Waals surface area contributed by atoms with Crippen molar-refractivity contribution in [3.63, 3.8) is 0 Å². The Labute approximate surface area is 185 Å². The summed E-state index contributed by atoms with van der Waals surface area (Å²) in [5.74, 6) is 0.173. The fraction of sp³-hybridized carbons (Fsp3) is 0.238. The Morgan fingerprint density at radius 3 is 2.77 bits per heavy atom. The van der Waals surface area contributed by atoms with Crippen molar-refractivity contribution >= 4 is 66.7 Å². The van der Waals surface area contributed by atoms with E-state index in [0.29, 0.717) is 28.5 Å². The minimum Gasteiger partial charge on any atom is -0.462 e. The summed E-state index contributed by atoms with van der Waals surface area (Å²) < 4.78 is 8.97. The van der Waals surface area contributed by atoms with Crippen molar-refractivity contribution in [2.75, 3.05) is 18.6 Å². The number of carbonyl (C=O) groups excluding carboxylic acids is 2. The maximum absolute atomic E-state index is 12.8. The fourth-order valence-corrected chi connectivity index (χ4v) is 5.31. The Balaban J connectivity index is 1.78. The van der Waals surface area contributed by atoms with Gasteiger partial charge in [-0.15, -0.1) is 11.3 Å². The molecule has 0 fully saturated rings. The van der Waals surface area contributed by atoms with Gasteiger partial charge in [0.05, 0.1) is 32.6 Å². The van der Waals surface area contributed by atoms with Gasteiger partial charge in [0.25, 0.3) is 0 Å². The van der Waals surface area contributed by atoms with Gasteiger partial charge in [-0.25, -0.2) is 9.78 Å². The van der Waals surface area contributed by atoms with Gasteiger partial charge in [-0.3, -0.25) is 4.79 Å². The Morgan fingerprint density at radius 1 is 1.17 bits per heavy atom. The molecule has 4 rings (SSSR count). The number of rotatable bonds is 6. The molecule has 0 radical (unpaired) electrons. The smallest absolute Gasteiger partial charge is 0.338 e. The summed E-state index contributed by atoms with van der Waals surface area (Å²) in [6.07, 6.45) is 2.04. The predicted octanol–water partition coefficient (Wildman–Crippen LogP) is 4.59. The van der Waals surface area contributed by atoms with Crippen LogP contribution in [0.25, 0.3) is 20.4 Å². The van der Waals surface area contributed by atoms with E-state index >= 15 is 0 Å². The predicted molar refractivity (Wildman–Crippen MR) is 124 cm³/mol. The van der Waals surface area contributed by atoms with Gasteiger partial charge in [0, 0.05) is 12.3 Å². The molecule has 154 valence electrons. The molecule has 0 saturated carbocycles. The van der Waals surface area contributed by atoms with Crippen molar-refractivity contribution in [3.8, 4) is 0 Å². The molecule has 1 amide bonds. The Bertz CT molecular complexity index is 1270. The van der Waals surface area contributed by atoms with Crippen LogP contribution in [0.3, 0.4) is 0 Å². The molecule has 0 aliphatic carbocycles. The lowest BCUT2D eigenvalue weighted by Gasteiger charge is -2.05. The molecule has 2 aromatic carbocycles. The molecule has 4 aromatic rings. The minimum atomic E-state index is -0.355. The lowest BCUT2D eigenvalue weighted by molar-refractivity contribution is 0.0526. The largest absolute Gasteiger partial charge is 0.462 e. The van der Waals surface area contributed by atoms with Crippen LogP contribution in [0.2, 0.25) is 0 Å². The summed E-state index contributed by atoms with van der Waals surface area (Å²) in [6, 6.07) is 13.1. The highest BCUT2D eigenvalue weighted by molar-refractivity contribution is 7.98. The first-order valence-corrected chi connectivity index (χ1v) is 12.4. The third-order valence-corrected chi connectivity index (χ3v) is 7.04. The third-order valence-electron chi connectivity index (χ3n) is 4.39. The first-order valence-electron chi connectivity index (χ1n) is 9.34. The molecular weight excluding hydrogens is 438 g/mol. The van der Waals surface area contributed by atoms with Crippen LogP contribution in [0.5, 0.6) is 0 Å². The molecule has 6 nitrogen and oxygen atoms in total. The molecule has 0 unspecified atom stereocenters. The first kappa shape index (κ1) is 20.8. The van der Waals surface area contributed by atoms with Crippen LogP contribution in [0.1, 0.15) is 27.1 Å².